The molecule has 0 aliphatic carbocycles. The highest BCUT2D eigenvalue weighted by Crippen LogP contribution is 2.23. The fourth-order valence-electron chi connectivity index (χ4n) is 3.45. The lowest BCUT2D eigenvalue weighted by Gasteiger charge is -2.29. The second-order valence-corrected chi connectivity index (χ2v) is 7.16. The third kappa shape index (κ3) is 3.79. The van der Waals surface area contributed by atoms with Crippen LogP contribution >= 0.6 is 0 Å². The molecule has 2 aromatic heterocycles. The number of rotatable bonds is 5. The van der Waals surface area contributed by atoms with Gasteiger partial charge in [-0.3, -0.25) is 9.36 Å². The molecule has 8 nitrogen and oxygen atoms in total. The molecule has 1 aromatic carbocycles. The van der Waals surface area contributed by atoms with Gasteiger partial charge in [-0.1, -0.05) is 6.58 Å². The highest BCUT2D eigenvalue weighted by atomic mass is 16.2. The van der Waals surface area contributed by atoms with Gasteiger partial charge in [-0.05, 0) is 30.3 Å². The Morgan fingerprint density at radius 2 is 1.97 bits per heavy atom. The van der Waals surface area contributed by atoms with Crippen LogP contribution < -0.4 is 15.5 Å². The lowest BCUT2D eigenvalue weighted by Crippen LogP contribution is -2.43. The van der Waals surface area contributed by atoms with Gasteiger partial charge in [0.05, 0.1) is 0 Å². The quantitative estimate of drug-likeness (QED) is 0.695. The summed E-state index contributed by atoms with van der Waals surface area (Å²) in [6, 6.07) is 10.0. The molecule has 0 radical (unpaired) electrons. The molecule has 8 heteroatoms. The van der Waals surface area contributed by atoms with Crippen molar-refractivity contribution in [2.24, 2.45) is 0 Å². The van der Waals surface area contributed by atoms with Crippen molar-refractivity contribution in [2.45, 2.75) is 0 Å². The molecule has 1 aliphatic rings. The Morgan fingerprint density at radius 1 is 1.24 bits per heavy atom. The topological polar surface area (TPSA) is 78.3 Å². The molecule has 0 spiro atoms. The summed E-state index contributed by atoms with van der Waals surface area (Å²) in [7, 11) is 3.44. The summed E-state index contributed by atoms with van der Waals surface area (Å²) in [6.45, 7) is 7.87. The van der Waals surface area contributed by atoms with Crippen LogP contribution in [0.3, 0.4) is 0 Å². The Bertz CT molecular complexity index is 1030. The lowest BCUT2D eigenvalue weighted by atomic mass is 10.2. The summed E-state index contributed by atoms with van der Waals surface area (Å²) in [5.41, 5.74) is 3.26. The summed E-state index contributed by atoms with van der Waals surface area (Å²) >= 11 is 0. The standard InChI is InChI=1S/C21H25N7O/c1-4-28-18(20(29)26(2)3)13-15-14-23-21(25-19(15)28)24-16-5-7-17(8-6-16)27-11-9-22-10-12-27/h4-8,13-14,22H,1,9-12H2,2-3H3,(H,23,24,25). The molecular formula is C21H25N7O. The zero-order chi connectivity index (χ0) is 20.4. The van der Waals surface area contributed by atoms with Crippen LogP contribution in [0, 0.1) is 0 Å². The van der Waals surface area contributed by atoms with E-state index in [0.717, 1.165) is 37.3 Å². The third-order valence-corrected chi connectivity index (χ3v) is 4.99. The van der Waals surface area contributed by atoms with E-state index >= 15 is 0 Å². The largest absolute Gasteiger partial charge is 0.369 e. The maximum Gasteiger partial charge on any atom is 0.270 e. The number of nitrogens with zero attached hydrogens (tertiary/aromatic N) is 5. The number of hydrogen-bond donors (Lipinski definition) is 2. The SMILES string of the molecule is C=Cn1c(C(=O)N(C)C)cc2cnc(Nc3ccc(N4CCNCC4)cc3)nc21. The number of carbonyl (C=O) groups excluding carboxylic acids is 1. The molecule has 3 aromatic rings. The number of piperazine rings is 1. The molecule has 150 valence electrons. The highest BCUT2D eigenvalue weighted by molar-refractivity contribution is 5.98. The van der Waals surface area contributed by atoms with Gasteiger partial charge in [0.25, 0.3) is 5.91 Å². The first kappa shape index (κ1) is 18.9. The van der Waals surface area contributed by atoms with Crippen LogP contribution in [0.5, 0.6) is 0 Å². The van der Waals surface area contributed by atoms with Crippen LogP contribution in [-0.4, -0.2) is 65.6 Å². The van der Waals surface area contributed by atoms with E-state index in [1.165, 1.54) is 10.6 Å². The Kier molecular flexibility index (Phi) is 5.18. The molecular weight excluding hydrogens is 366 g/mol. The van der Waals surface area contributed by atoms with E-state index < -0.39 is 0 Å². The molecule has 2 N–H and O–H groups in total. The molecule has 1 aliphatic heterocycles. The minimum atomic E-state index is -0.110. The molecule has 0 unspecified atom stereocenters. The number of carbonyl (C=O) groups is 1. The summed E-state index contributed by atoms with van der Waals surface area (Å²) in [6.07, 6.45) is 3.31. The number of benzene rings is 1. The fraction of sp³-hybridized carbons (Fsp3) is 0.286. The first-order valence-corrected chi connectivity index (χ1v) is 9.62. The summed E-state index contributed by atoms with van der Waals surface area (Å²) < 4.78 is 1.69. The number of fused-ring (bicyclic) bond motifs is 1. The van der Waals surface area contributed by atoms with Gasteiger partial charge in [0.1, 0.15) is 11.3 Å². The summed E-state index contributed by atoms with van der Waals surface area (Å²) in [5, 5.41) is 7.39. The normalized spacial score (nSPS) is 14.1. The maximum absolute atomic E-state index is 12.4. The second-order valence-electron chi connectivity index (χ2n) is 7.16. The van der Waals surface area contributed by atoms with Gasteiger partial charge in [0.15, 0.2) is 0 Å². The van der Waals surface area contributed by atoms with Crippen molar-refractivity contribution < 1.29 is 4.79 Å². The zero-order valence-corrected chi connectivity index (χ0v) is 16.7. The molecule has 0 saturated carbocycles. The van der Waals surface area contributed by atoms with Gasteiger partial charge in [-0.25, -0.2) is 4.98 Å². The van der Waals surface area contributed by atoms with Crippen molar-refractivity contribution in [3.63, 3.8) is 0 Å². The van der Waals surface area contributed by atoms with Crippen LogP contribution in [0.15, 0.2) is 43.1 Å². The average Bonchev–Trinajstić information content (AvgIpc) is 3.12. The number of nitrogens with one attached hydrogen (secondary N) is 2. The Morgan fingerprint density at radius 3 is 2.62 bits per heavy atom. The van der Waals surface area contributed by atoms with Crippen molar-refractivity contribution in [3.05, 3.63) is 48.8 Å². The summed E-state index contributed by atoms with van der Waals surface area (Å²) in [4.78, 5) is 25.3. The van der Waals surface area contributed by atoms with Crippen molar-refractivity contribution in [1.29, 1.82) is 0 Å². The fourth-order valence-corrected chi connectivity index (χ4v) is 3.45. The molecule has 1 fully saturated rings. The van der Waals surface area contributed by atoms with Gasteiger partial charge in [-0.2, -0.15) is 4.98 Å². The van der Waals surface area contributed by atoms with Gasteiger partial charge < -0.3 is 20.4 Å². The van der Waals surface area contributed by atoms with E-state index in [4.69, 9.17) is 0 Å². The Hall–Kier alpha value is -3.39. The predicted molar refractivity (Wildman–Crippen MR) is 117 cm³/mol. The minimum Gasteiger partial charge on any atom is -0.369 e. The Balaban J connectivity index is 1.58. The second kappa shape index (κ2) is 7.92. The van der Waals surface area contributed by atoms with Crippen LogP contribution in [0.1, 0.15) is 10.5 Å². The van der Waals surface area contributed by atoms with E-state index in [1.807, 2.05) is 12.1 Å². The van der Waals surface area contributed by atoms with Crippen LogP contribution in [-0.2, 0) is 0 Å². The monoisotopic (exact) mass is 391 g/mol. The van der Waals surface area contributed by atoms with Gasteiger partial charge >= 0.3 is 0 Å². The number of anilines is 3. The minimum absolute atomic E-state index is 0.110. The molecule has 1 saturated heterocycles. The van der Waals surface area contributed by atoms with Crippen LogP contribution in [0.4, 0.5) is 17.3 Å². The van der Waals surface area contributed by atoms with E-state index in [9.17, 15) is 4.79 Å². The average molecular weight is 391 g/mol. The molecule has 0 atom stereocenters. The molecule has 3 heterocycles. The predicted octanol–water partition coefficient (Wildman–Crippen LogP) is 2.39. The van der Waals surface area contributed by atoms with Crippen molar-refractivity contribution in [3.8, 4) is 0 Å². The van der Waals surface area contributed by atoms with Crippen molar-refractivity contribution >= 4 is 40.5 Å². The summed E-state index contributed by atoms with van der Waals surface area (Å²) in [5.74, 6) is 0.360. The molecule has 29 heavy (non-hydrogen) atoms. The van der Waals surface area contributed by atoms with Gasteiger partial charge in [-0.15, -0.1) is 0 Å². The molecule has 4 rings (SSSR count). The first-order chi connectivity index (χ1) is 14.1. The lowest BCUT2D eigenvalue weighted by molar-refractivity contribution is 0.0821. The Labute approximate surface area is 169 Å². The number of aromatic nitrogens is 3. The number of amides is 1. The molecule has 1 amide bonds. The van der Waals surface area contributed by atoms with E-state index in [2.05, 4.69) is 44.2 Å². The van der Waals surface area contributed by atoms with E-state index in [0.29, 0.717) is 17.3 Å². The van der Waals surface area contributed by atoms with E-state index in [-0.39, 0.29) is 5.91 Å². The maximum atomic E-state index is 12.4. The van der Waals surface area contributed by atoms with E-state index in [1.54, 1.807) is 37.1 Å². The van der Waals surface area contributed by atoms with Crippen LogP contribution in [0.25, 0.3) is 17.2 Å². The van der Waals surface area contributed by atoms with Crippen molar-refractivity contribution in [2.75, 3.05) is 50.5 Å². The highest BCUT2D eigenvalue weighted by Gasteiger charge is 2.17. The zero-order valence-electron chi connectivity index (χ0n) is 16.7. The van der Waals surface area contributed by atoms with Gasteiger partial charge in [0, 0.05) is 69.4 Å². The number of hydrogen-bond acceptors (Lipinski definition) is 6. The molecule has 0 bridgehead atoms. The third-order valence-electron chi connectivity index (χ3n) is 4.99. The smallest absolute Gasteiger partial charge is 0.270 e. The van der Waals surface area contributed by atoms with Crippen LogP contribution in [0.2, 0.25) is 0 Å². The van der Waals surface area contributed by atoms with Gasteiger partial charge in [0.2, 0.25) is 5.95 Å². The first-order valence-electron chi connectivity index (χ1n) is 9.62. The van der Waals surface area contributed by atoms with Crippen molar-refractivity contribution in [1.82, 2.24) is 24.8 Å².